The minimum Gasteiger partial charge on any atom is -0.435 e. The van der Waals surface area contributed by atoms with E-state index in [0.29, 0.717) is 19.3 Å². The number of hydrogen-bond donors (Lipinski definition) is 1. The molecule has 7 atom stereocenters. The lowest BCUT2D eigenvalue weighted by molar-refractivity contribution is -0.186. The second kappa shape index (κ2) is 10.6. The van der Waals surface area contributed by atoms with Gasteiger partial charge >= 0.3 is 6.16 Å². The van der Waals surface area contributed by atoms with Gasteiger partial charge in [0, 0.05) is 11.8 Å². The van der Waals surface area contributed by atoms with Gasteiger partial charge in [-0.15, -0.1) is 0 Å². The predicted molar refractivity (Wildman–Crippen MR) is 148 cm³/mol. The molecule has 224 valence electrons. The van der Waals surface area contributed by atoms with Crippen LogP contribution in [0, 0.1) is 35.5 Å². The first kappa shape index (κ1) is 29.9. The molecule has 0 saturated heterocycles. The van der Waals surface area contributed by atoms with Gasteiger partial charge < -0.3 is 14.6 Å². The summed E-state index contributed by atoms with van der Waals surface area (Å²) < 4.78 is 42.0. The SMILES string of the molecule is CCOC(=O)O[C@]1(C(=O)COS(=O)(=O)c2ccc(C)cc2)CC[C@H]2[C@@H]3CCC4=CC(=O)CC[C@]4(C)[C@H]3[C@@H](O)C[C@@]21C. The van der Waals surface area contributed by atoms with E-state index in [1.807, 2.05) is 13.8 Å². The van der Waals surface area contributed by atoms with Crippen LogP contribution in [0.3, 0.4) is 0 Å². The number of rotatable bonds is 7. The molecule has 0 amide bonds. The molecule has 10 heteroatoms. The summed E-state index contributed by atoms with van der Waals surface area (Å²) in [7, 11) is -4.25. The van der Waals surface area contributed by atoms with Gasteiger partial charge in [0.05, 0.1) is 17.6 Å². The zero-order valence-corrected chi connectivity index (χ0v) is 25.0. The number of aliphatic hydroxyl groups is 1. The number of benzene rings is 1. The Kier molecular flexibility index (Phi) is 7.74. The first-order valence-electron chi connectivity index (χ1n) is 14.5. The molecule has 3 saturated carbocycles. The number of aliphatic hydroxyl groups excluding tert-OH is 1. The highest BCUT2D eigenvalue weighted by Gasteiger charge is 2.70. The number of fused-ring (bicyclic) bond motifs is 5. The lowest BCUT2D eigenvalue weighted by Gasteiger charge is -2.60. The second-order valence-electron chi connectivity index (χ2n) is 12.7. The summed E-state index contributed by atoms with van der Waals surface area (Å²) in [4.78, 5) is 38.9. The topological polar surface area (TPSA) is 133 Å². The molecule has 0 radical (unpaired) electrons. The molecule has 1 N–H and O–H groups in total. The maximum atomic E-state index is 14.0. The Hall–Kier alpha value is -2.56. The highest BCUT2D eigenvalue weighted by molar-refractivity contribution is 7.86. The van der Waals surface area contributed by atoms with E-state index in [4.69, 9.17) is 13.7 Å². The van der Waals surface area contributed by atoms with Gasteiger partial charge in [-0.05, 0) is 93.7 Å². The van der Waals surface area contributed by atoms with E-state index >= 15 is 0 Å². The summed E-state index contributed by atoms with van der Waals surface area (Å²) in [5, 5.41) is 11.7. The summed E-state index contributed by atoms with van der Waals surface area (Å²) in [6, 6.07) is 6.10. The Morgan fingerprint density at radius 1 is 1.07 bits per heavy atom. The summed E-state index contributed by atoms with van der Waals surface area (Å²) in [6.07, 6.45) is 3.47. The molecule has 3 fully saturated rings. The highest BCUT2D eigenvalue weighted by atomic mass is 32.2. The van der Waals surface area contributed by atoms with Crippen LogP contribution in [-0.4, -0.2) is 56.2 Å². The van der Waals surface area contributed by atoms with Gasteiger partial charge in [0.15, 0.2) is 11.4 Å². The minimum absolute atomic E-state index is 0.0387. The van der Waals surface area contributed by atoms with Crippen LogP contribution in [0.1, 0.15) is 71.3 Å². The average Bonchev–Trinajstić information content (AvgIpc) is 3.20. The Balaban J connectivity index is 1.47. The van der Waals surface area contributed by atoms with Crippen molar-refractivity contribution in [3.63, 3.8) is 0 Å². The molecule has 9 nitrogen and oxygen atoms in total. The number of allylic oxidation sites excluding steroid dienone is 1. The minimum atomic E-state index is -4.25. The number of hydrogen-bond acceptors (Lipinski definition) is 9. The van der Waals surface area contributed by atoms with Crippen molar-refractivity contribution < 1.29 is 41.6 Å². The van der Waals surface area contributed by atoms with Crippen LogP contribution in [0.25, 0.3) is 0 Å². The maximum absolute atomic E-state index is 14.0. The van der Waals surface area contributed by atoms with Crippen LogP contribution >= 0.6 is 0 Å². The van der Waals surface area contributed by atoms with E-state index in [0.717, 1.165) is 24.0 Å². The summed E-state index contributed by atoms with van der Waals surface area (Å²) in [6.45, 7) is 6.70. The molecule has 41 heavy (non-hydrogen) atoms. The van der Waals surface area contributed by atoms with Crippen LogP contribution in [-0.2, 0) is 33.4 Å². The third-order valence-electron chi connectivity index (χ3n) is 10.6. The predicted octanol–water partition coefficient (Wildman–Crippen LogP) is 4.68. The number of aryl methyl sites for hydroxylation is 1. The van der Waals surface area contributed by atoms with Crippen molar-refractivity contribution in [3.8, 4) is 0 Å². The standard InChI is InChI=1S/C31H40O9S/c1-5-38-28(35)40-31(26(34)18-39-41(36,37)22-9-6-19(2)7-10-22)15-13-24-23-11-8-20-16-21(32)12-14-29(20,3)27(23)25(33)17-30(24,31)4/h6-7,9-10,16,23-25,27,33H,5,8,11-15,17-18H2,1-4H3/t23-,24-,25-,27+,29-,30-,31-/m0/s1. The molecule has 5 rings (SSSR count). The largest absolute Gasteiger partial charge is 0.509 e. The highest BCUT2D eigenvalue weighted by Crippen LogP contribution is 2.68. The maximum Gasteiger partial charge on any atom is 0.509 e. The van der Waals surface area contributed by atoms with Gasteiger partial charge in [-0.3, -0.25) is 13.8 Å². The number of Topliss-reactive ketones (excluding diaryl/α,β-unsaturated/α-hetero) is 1. The van der Waals surface area contributed by atoms with Crippen molar-refractivity contribution in [1.29, 1.82) is 0 Å². The first-order chi connectivity index (χ1) is 19.3. The van der Waals surface area contributed by atoms with Crippen molar-refractivity contribution in [3.05, 3.63) is 41.5 Å². The van der Waals surface area contributed by atoms with Crippen molar-refractivity contribution in [2.45, 2.75) is 89.2 Å². The molecular formula is C31H40O9S. The van der Waals surface area contributed by atoms with Crippen LogP contribution in [0.2, 0.25) is 0 Å². The fourth-order valence-electron chi connectivity index (χ4n) is 8.67. The van der Waals surface area contributed by atoms with Crippen molar-refractivity contribution in [2.75, 3.05) is 13.2 Å². The zero-order valence-electron chi connectivity index (χ0n) is 24.2. The normalized spacial score (nSPS) is 36.4. The van der Waals surface area contributed by atoms with Gasteiger partial charge in [-0.1, -0.05) is 37.1 Å². The molecular weight excluding hydrogens is 548 g/mol. The van der Waals surface area contributed by atoms with Crippen LogP contribution < -0.4 is 0 Å². The van der Waals surface area contributed by atoms with Gasteiger partial charge in [0.25, 0.3) is 10.1 Å². The third-order valence-corrected chi connectivity index (χ3v) is 11.9. The van der Waals surface area contributed by atoms with Crippen molar-refractivity contribution in [2.24, 2.45) is 28.6 Å². The van der Waals surface area contributed by atoms with E-state index in [9.17, 15) is 27.9 Å². The van der Waals surface area contributed by atoms with Crippen molar-refractivity contribution in [1.82, 2.24) is 0 Å². The zero-order chi connectivity index (χ0) is 29.8. The first-order valence-corrected chi connectivity index (χ1v) is 16.0. The molecule has 1 aromatic carbocycles. The van der Waals surface area contributed by atoms with Crippen LogP contribution in [0.15, 0.2) is 40.8 Å². The monoisotopic (exact) mass is 588 g/mol. The van der Waals surface area contributed by atoms with Gasteiger partial charge in [0.2, 0.25) is 5.78 Å². The van der Waals surface area contributed by atoms with Crippen LogP contribution in [0.5, 0.6) is 0 Å². The van der Waals surface area contributed by atoms with Gasteiger partial charge in [-0.25, -0.2) is 4.79 Å². The Morgan fingerprint density at radius 2 is 1.78 bits per heavy atom. The molecule has 4 aliphatic rings. The van der Waals surface area contributed by atoms with Crippen molar-refractivity contribution >= 4 is 27.8 Å². The molecule has 4 aliphatic carbocycles. The number of ether oxygens (including phenoxy) is 2. The van der Waals surface area contributed by atoms with E-state index in [2.05, 4.69) is 6.92 Å². The third kappa shape index (κ3) is 4.85. The molecule has 0 heterocycles. The number of ketones is 2. The fraction of sp³-hybridized carbons (Fsp3) is 0.645. The summed E-state index contributed by atoms with van der Waals surface area (Å²) in [5.41, 5.74) is -1.05. The molecule has 0 unspecified atom stereocenters. The summed E-state index contributed by atoms with van der Waals surface area (Å²) >= 11 is 0. The van der Waals surface area contributed by atoms with E-state index < -0.39 is 45.8 Å². The number of carbonyl (C=O) groups excluding carboxylic acids is 3. The van der Waals surface area contributed by atoms with Gasteiger partial charge in [0.1, 0.15) is 6.61 Å². The molecule has 0 spiro atoms. The molecule has 0 aliphatic heterocycles. The Morgan fingerprint density at radius 3 is 2.46 bits per heavy atom. The molecule has 1 aromatic rings. The number of carbonyl (C=O) groups is 3. The Bertz CT molecular complexity index is 1370. The van der Waals surface area contributed by atoms with Gasteiger partial charge in [-0.2, -0.15) is 8.42 Å². The molecule has 0 bridgehead atoms. The molecule has 0 aromatic heterocycles. The van der Waals surface area contributed by atoms with E-state index in [-0.39, 0.29) is 53.3 Å². The van der Waals surface area contributed by atoms with Crippen LogP contribution in [0.4, 0.5) is 4.79 Å². The second-order valence-corrected chi connectivity index (χ2v) is 14.3. The Labute approximate surface area is 241 Å². The lowest BCUT2D eigenvalue weighted by atomic mass is 9.45. The smallest absolute Gasteiger partial charge is 0.435 e. The quantitative estimate of drug-likeness (QED) is 0.356. The van der Waals surface area contributed by atoms with E-state index in [1.165, 1.54) is 12.1 Å². The lowest BCUT2D eigenvalue weighted by Crippen LogP contribution is -2.63. The van der Waals surface area contributed by atoms with E-state index in [1.54, 1.807) is 25.1 Å². The summed E-state index contributed by atoms with van der Waals surface area (Å²) in [5.74, 6) is -0.668. The fourth-order valence-corrected chi connectivity index (χ4v) is 9.54. The average molecular weight is 589 g/mol.